The predicted octanol–water partition coefficient (Wildman–Crippen LogP) is 2.22. The Hall–Kier alpha value is -2.16. The summed E-state index contributed by atoms with van der Waals surface area (Å²) in [6.07, 6.45) is 8.41. The van der Waals surface area contributed by atoms with Gasteiger partial charge in [-0.3, -0.25) is 5.10 Å². The number of anilines is 3. The van der Waals surface area contributed by atoms with Gasteiger partial charge < -0.3 is 10.2 Å². The Bertz CT molecular complexity index is 970. The van der Waals surface area contributed by atoms with Crippen molar-refractivity contribution in [3.63, 3.8) is 0 Å². The molecule has 3 heterocycles. The highest BCUT2D eigenvalue weighted by atomic mass is 32.2. The maximum Gasteiger partial charge on any atom is 0.227 e. The van der Waals surface area contributed by atoms with E-state index in [4.69, 9.17) is 0 Å². The molecular weight excluding hydrogens is 364 g/mol. The van der Waals surface area contributed by atoms with Crippen LogP contribution < -0.4 is 10.2 Å². The van der Waals surface area contributed by atoms with Crippen LogP contribution in [0.3, 0.4) is 0 Å². The lowest BCUT2D eigenvalue weighted by Gasteiger charge is -2.32. The Labute approximate surface area is 158 Å². The third-order valence-corrected chi connectivity index (χ3v) is 7.10. The summed E-state index contributed by atoms with van der Waals surface area (Å²) < 4.78 is 23.7. The number of nitrogens with zero attached hydrogens (tertiary/aromatic N) is 4. The SMILES string of the molecule is CS(=O)(=O)CC12CCC(C1)N(c1nccc(Nc3cc(C4CC4)[nH]n3)n1)C2. The van der Waals surface area contributed by atoms with Gasteiger partial charge in [-0.25, -0.2) is 13.4 Å². The topological polar surface area (TPSA) is 104 Å². The van der Waals surface area contributed by atoms with Crippen LogP contribution in [-0.4, -0.2) is 53.2 Å². The molecule has 2 bridgehead atoms. The fourth-order valence-electron chi connectivity index (χ4n) is 4.74. The van der Waals surface area contributed by atoms with Gasteiger partial charge in [-0.05, 0) is 38.2 Å². The van der Waals surface area contributed by atoms with Crippen LogP contribution in [0.25, 0.3) is 0 Å². The number of hydrogen-bond donors (Lipinski definition) is 2. The van der Waals surface area contributed by atoms with Gasteiger partial charge in [0.15, 0.2) is 5.82 Å². The first-order chi connectivity index (χ1) is 12.9. The van der Waals surface area contributed by atoms with E-state index in [1.807, 2.05) is 12.1 Å². The van der Waals surface area contributed by atoms with E-state index in [-0.39, 0.29) is 11.2 Å². The molecule has 2 aromatic rings. The molecule has 2 atom stereocenters. The Balaban J connectivity index is 1.33. The van der Waals surface area contributed by atoms with Crippen LogP contribution in [0.4, 0.5) is 17.6 Å². The Kier molecular flexibility index (Phi) is 3.72. The van der Waals surface area contributed by atoms with Gasteiger partial charge in [0.05, 0.1) is 5.75 Å². The lowest BCUT2D eigenvalue weighted by atomic mass is 9.90. The molecule has 2 aromatic heterocycles. The van der Waals surface area contributed by atoms with Gasteiger partial charge in [-0.15, -0.1) is 0 Å². The first kappa shape index (κ1) is 17.0. The highest BCUT2D eigenvalue weighted by molar-refractivity contribution is 7.90. The number of piperidine rings is 1. The summed E-state index contributed by atoms with van der Waals surface area (Å²) in [4.78, 5) is 11.3. The Morgan fingerprint density at radius 1 is 1.33 bits per heavy atom. The lowest BCUT2D eigenvalue weighted by molar-refractivity contribution is 0.370. The summed E-state index contributed by atoms with van der Waals surface area (Å²) >= 11 is 0. The zero-order valence-corrected chi connectivity index (χ0v) is 16.2. The van der Waals surface area contributed by atoms with Crippen molar-refractivity contribution in [2.45, 2.75) is 44.1 Å². The fourth-order valence-corrected chi connectivity index (χ4v) is 6.20. The molecule has 2 aliphatic carbocycles. The molecule has 9 heteroatoms. The van der Waals surface area contributed by atoms with Gasteiger partial charge in [0, 0.05) is 48.1 Å². The molecule has 3 aliphatic rings. The van der Waals surface area contributed by atoms with E-state index in [1.54, 1.807) is 6.20 Å². The highest BCUT2D eigenvalue weighted by Gasteiger charge is 2.51. The van der Waals surface area contributed by atoms with E-state index >= 15 is 0 Å². The number of sulfone groups is 1. The van der Waals surface area contributed by atoms with Crippen LogP contribution in [0.1, 0.15) is 43.7 Å². The minimum absolute atomic E-state index is 0.146. The molecule has 2 saturated carbocycles. The number of rotatable bonds is 6. The lowest BCUT2D eigenvalue weighted by Crippen LogP contribution is -2.39. The third-order valence-electron chi connectivity index (χ3n) is 5.96. The van der Waals surface area contributed by atoms with Crippen molar-refractivity contribution in [3.05, 3.63) is 24.0 Å². The van der Waals surface area contributed by atoms with Crippen molar-refractivity contribution in [1.29, 1.82) is 0 Å². The zero-order chi connectivity index (χ0) is 18.6. The minimum atomic E-state index is -3.00. The molecule has 0 radical (unpaired) electrons. The average Bonchev–Trinajstić information content (AvgIpc) is 3.07. The van der Waals surface area contributed by atoms with Gasteiger partial charge in [-0.1, -0.05) is 0 Å². The standard InChI is InChI=1S/C18H24N6O2S/c1-27(25,26)11-18-6-4-13(9-18)24(10-18)17-19-7-5-15(21-17)20-16-8-14(22-23-16)12-2-3-12/h5,7-8,12-13H,2-4,6,9-11H2,1H3,(H2,19,20,21,22,23). The van der Waals surface area contributed by atoms with Gasteiger partial charge in [0.1, 0.15) is 15.7 Å². The van der Waals surface area contributed by atoms with Crippen LogP contribution >= 0.6 is 0 Å². The van der Waals surface area contributed by atoms with Crippen LogP contribution in [0.5, 0.6) is 0 Å². The van der Waals surface area contributed by atoms with Crippen molar-refractivity contribution in [2.75, 3.05) is 28.8 Å². The van der Waals surface area contributed by atoms with Crippen LogP contribution in [0, 0.1) is 5.41 Å². The second-order valence-electron chi connectivity index (χ2n) is 8.44. The van der Waals surface area contributed by atoms with Crippen molar-refractivity contribution in [2.24, 2.45) is 5.41 Å². The molecule has 8 nitrogen and oxygen atoms in total. The Morgan fingerprint density at radius 3 is 2.96 bits per heavy atom. The maximum absolute atomic E-state index is 11.9. The fraction of sp³-hybridized carbons (Fsp3) is 0.611. The average molecular weight is 388 g/mol. The molecule has 1 aliphatic heterocycles. The molecule has 0 aromatic carbocycles. The van der Waals surface area contributed by atoms with Crippen molar-refractivity contribution < 1.29 is 8.42 Å². The van der Waals surface area contributed by atoms with Crippen LogP contribution in [0.2, 0.25) is 0 Å². The quantitative estimate of drug-likeness (QED) is 0.782. The zero-order valence-electron chi connectivity index (χ0n) is 15.4. The van der Waals surface area contributed by atoms with E-state index in [0.29, 0.717) is 30.3 Å². The number of aromatic nitrogens is 4. The van der Waals surface area contributed by atoms with E-state index in [0.717, 1.165) is 25.1 Å². The minimum Gasteiger partial charge on any atom is -0.337 e. The van der Waals surface area contributed by atoms with Crippen LogP contribution in [0.15, 0.2) is 18.3 Å². The maximum atomic E-state index is 11.9. The van der Waals surface area contributed by atoms with Gasteiger partial charge in [0.25, 0.3) is 0 Å². The first-order valence-corrected chi connectivity index (χ1v) is 11.6. The summed E-state index contributed by atoms with van der Waals surface area (Å²) in [6.45, 7) is 0.711. The van der Waals surface area contributed by atoms with Crippen LogP contribution in [-0.2, 0) is 9.84 Å². The van der Waals surface area contributed by atoms with E-state index in [1.165, 1.54) is 24.8 Å². The van der Waals surface area contributed by atoms with Gasteiger partial charge in [0.2, 0.25) is 5.95 Å². The summed E-state index contributed by atoms with van der Waals surface area (Å²) in [5, 5.41) is 10.6. The molecule has 0 amide bonds. The van der Waals surface area contributed by atoms with E-state index in [2.05, 4.69) is 30.4 Å². The van der Waals surface area contributed by atoms with Crippen molar-refractivity contribution >= 4 is 27.4 Å². The van der Waals surface area contributed by atoms with Crippen molar-refractivity contribution in [3.8, 4) is 0 Å². The summed E-state index contributed by atoms with van der Waals surface area (Å²) in [7, 11) is -3.00. The largest absolute Gasteiger partial charge is 0.337 e. The van der Waals surface area contributed by atoms with E-state index in [9.17, 15) is 8.42 Å². The number of hydrogen-bond acceptors (Lipinski definition) is 7. The molecule has 5 rings (SSSR count). The van der Waals surface area contributed by atoms with Gasteiger partial charge in [-0.2, -0.15) is 10.1 Å². The monoisotopic (exact) mass is 388 g/mol. The number of fused-ring (bicyclic) bond motifs is 2. The third kappa shape index (κ3) is 3.40. The molecule has 3 fully saturated rings. The van der Waals surface area contributed by atoms with E-state index < -0.39 is 9.84 Å². The van der Waals surface area contributed by atoms with Gasteiger partial charge >= 0.3 is 0 Å². The molecule has 2 unspecified atom stereocenters. The number of H-pyrrole nitrogens is 1. The summed E-state index contributed by atoms with van der Waals surface area (Å²) in [5.41, 5.74) is 1.03. The molecule has 0 spiro atoms. The molecule has 2 N–H and O–H groups in total. The van der Waals surface area contributed by atoms with Crippen molar-refractivity contribution in [1.82, 2.24) is 20.2 Å². The highest BCUT2D eigenvalue weighted by Crippen LogP contribution is 2.49. The second kappa shape index (κ2) is 5.92. The molecule has 1 saturated heterocycles. The number of nitrogens with one attached hydrogen (secondary N) is 2. The summed E-state index contributed by atoms with van der Waals surface area (Å²) in [5.74, 6) is 3.01. The Morgan fingerprint density at radius 2 is 2.19 bits per heavy atom. The number of aromatic amines is 1. The first-order valence-electron chi connectivity index (χ1n) is 9.49. The smallest absolute Gasteiger partial charge is 0.227 e. The predicted molar refractivity (Wildman–Crippen MR) is 103 cm³/mol. The second-order valence-corrected chi connectivity index (χ2v) is 10.6. The summed E-state index contributed by atoms with van der Waals surface area (Å²) in [6, 6.07) is 4.20. The molecule has 144 valence electrons. The normalized spacial score (nSPS) is 27.3. The molecule has 27 heavy (non-hydrogen) atoms. The molecular formula is C18H24N6O2S.